The molecule has 1 aromatic heterocycles. The van der Waals surface area contributed by atoms with Gasteiger partial charge in [0, 0.05) is 31.4 Å². The van der Waals surface area contributed by atoms with E-state index >= 15 is 0 Å². The van der Waals surface area contributed by atoms with Gasteiger partial charge in [0.2, 0.25) is 0 Å². The van der Waals surface area contributed by atoms with Crippen molar-refractivity contribution in [3.63, 3.8) is 0 Å². The number of nitrogens with zero attached hydrogens (tertiary/aromatic N) is 1. The van der Waals surface area contributed by atoms with Crippen molar-refractivity contribution in [3.8, 4) is 0 Å². The van der Waals surface area contributed by atoms with Crippen LogP contribution in [-0.2, 0) is 15.9 Å². The zero-order valence-corrected chi connectivity index (χ0v) is 10.3. The maximum absolute atomic E-state index is 5.79. The van der Waals surface area contributed by atoms with E-state index in [9.17, 15) is 0 Å². The van der Waals surface area contributed by atoms with Crippen molar-refractivity contribution >= 4 is 18.0 Å². The molecule has 0 atom stereocenters. The summed E-state index contributed by atoms with van der Waals surface area (Å²) in [6.07, 6.45) is 1.93. The Kier molecular flexibility index (Phi) is 5.37. The molecule has 0 aromatic carbocycles. The number of hydrogen-bond donors (Lipinski definition) is 2. The van der Waals surface area contributed by atoms with E-state index in [1.54, 1.807) is 6.20 Å². The van der Waals surface area contributed by atoms with Crippen LogP contribution in [0.15, 0.2) is 6.20 Å². The molecule has 0 aliphatic heterocycles. The van der Waals surface area contributed by atoms with Crippen LogP contribution in [0.2, 0.25) is 0 Å². The van der Waals surface area contributed by atoms with Gasteiger partial charge in [0.1, 0.15) is 5.82 Å². The molecule has 1 heterocycles. The van der Waals surface area contributed by atoms with Crippen molar-refractivity contribution in [2.45, 2.75) is 26.6 Å². The Morgan fingerprint density at radius 1 is 1.44 bits per heavy atom. The molecule has 0 amide bonds. The average Bonchev–Trinajstić information content (AvgIpc) is 2.23. The molecule has 1 rings (SSSR count). The minimum atomic E-state index is -0.288. The third kappa shape index (κ3) is 3.88. The van der Waals surface area contributed by atoms with Crippen LogP contribution in [0, 0.1) is 4.77 Å². The Balaban J connectivity index is 2.72. The summed E-state index contributed by atoms with van der Waals surface area (Å²) >= 11 is 4.87. The fraction of sp³-hybridized carbons (Fsp3) is 0.600. The van der Waals surface area contributed by atoms with Gasteiger partial charge in [-0.3, -0.25) is 0 Å². The first-order valence-electron chi connectivity index (χ1n) is 5.24. The maximum Gasteiger partial charge on any atom is 0.198 e. The highest BCUT2D eigenvalue weighted by atomic mass is 32.1. The van der Waals surface area contributed by atoms with Crippen LogP contribution >= 0.6 is 12.2 Å². The normalized spacial score (nSPS) is 10.9. The van der Waals surface area contributed by atoms with Crippen molar-refractivity contribution in [3.05, 3.63) is 16.5 Å². The van der Waals surface area contributed by atoms with Crippen LogP contribution in [0.25, 0.3) is 0 Å². The zero-order chi connectivity index (χ0) is 12.0. The van der Waals surface area contributed by atoms with E-state index in [4.69, 9.17) is 27.4 Å². The number of nitrogens with two attached hydrogens (primary N) is 1. The molecule has 0 spiro atoms. The van der Waals surface area contributed by atoms with E-state index in [-0.39, 0.29) is 6.29 Å². The Morgan fingerprint density at radius 3 is 2.56 bits per heavy atom. The number of aromatic nitrogens is 2. The summed E-state index contributed by atoms with van der Waals surface area (Å²) in [5.74, 6) is 0.518. The quantitative estimate of drug-likeness (QED) is 0.587. The monoisotopic (exact) mass is 243 g/mol. The molecule has 0 bridgehead atoms. The fourth-order valence-corrected chi connectivity index (χ4v) is 1.48. The van der Waals surface area contributed by atoms with Gasteiger partial charge in [0.15, 0.2) is 11.1 Å². The van der Waals surface area contributed by atoms with E-state index in [1.165, 1.54) is 0 Å². The molecule has 16 heavy (non-hydrogen) atoms. The van der Waals surface area contributed by atoms with Gasteiger partial charge in [-0.1, -0.05) is 0 Å². The van der Waals surface area contributed by atoms with Crippen molar-refractivity contribution in [2.24, 2.45) is 0 Å². The maximum atomic E-state index is 5.79. The summed E-state index contributed by atoms with van der Waals surface area (Å²) in [6.45, 7) is 5.04. The fourth-order valence-electron chi connectivity index (χ4n) is 1.31. The molecule has 5 nitrogen and oxygen atoms in total. The molecule has 0 aliphatic rings. The highest BCUT2D eigenvalue weighted by molar-refractivity contribution is 7.71. The van der Waals surface area contributed by atoms with E-state index in [0.717, 1.165) is 5.56 Å². The molecule has 1 aromatic rings. The van der Waals surface area contributed by atoms with Gasteiger partial charge in [-0.15, -0.1) is 0 Å². The van der Waals surface area contributed by atoms with Crippen molar-refractivity contribution < 1.29 is 9.47 Å². The first kappa shape index (κ1) is 13.1. The molecular weight excluding hydrogens is 226 g/mol. The second-order valence-corrected chi connectivity index (χ2v) is 3.56. The summed E-state index contributed by atoms with van der Waals surface area (Å²) in [4.78, 5) is 6.78. The summed E-state index contributed by atoms with van der Waals surface area (Å²) in [5, 5.41) is 0. The van der Waals surface area contributed by atoms with Crippen LogP contribution in [0.5, 0.6) is 0 Å². The van der Waals surface area contributed by atoms with Crippen molar-refractivity contribution in [1.29, 1.82) is 0 Å². The largest absolute Gasteiger partial charge is 0.385 e. The average molecular weight is 243 g/mol. The van der Waals surface area contributed by atoms with Crippen molar-refractivity contribution in [1.82, 2.24) is 9.97 Å². The van der Waals surface area contributed by atoms with Crippen molar-refractivity contribution in [2.75, 3.05) is 18.9 Å². The number of aromatic amines is 1. The Labute approximate surface area is 100.0 Å². The Bertz CT molecular complexity index is 375. The topological polar surface area (TPSA) is 73.2 Å². The number of nitrogens with one attached hydrogen (secondary N) is 1. The highest BCUT2D eigenvalue weighted by Crippen LogP contribution is 2.11. The Hall–Kier alpha value is -0.980. The molecular formula is C10H17N3O2S. The van der Waals surface area contributed by atoms with Gasteiger partial charge >= 0.3 is 0 Å². The van der Waals surface area contributed by atoms with E-state index in [1.807, 2.05) is 13.8 Å². The highest BCUT2D eigenvalue weighted by Gasteiger charge is 2.11. The lowest BCUT2D eigenvalue weighted by Crippen LogP contribution is -2.21. The zero-order valence-electron chi connectivity index (χ0n) is 9.53. The number of H-pyrrole nitrogens is 1. The van der Waals surface area contributed by atoms with Gasteiger partial charge < -0.3 is 20.2 Å². The predicted octanol–water partition coefficient (Wildman–Crippen LogP) is 1.66. The second kappa shape index (κ2) is 6.57. The van der Waals surface area contributed by atoms with Crippen LogP contribution in [0.1, 0.15) is 19.4 Å². The smallest absolute Gasteiger partial charge is 0.198 e. The first-order chi connectivity index (χ1) is 7.67. The molecule has 90 valence electrons. The lowest BCUT2D eigenvalue weighted by Gasteiger charge is -2.17. The lowest BCUT2D eigenvalue weighted by molar-refractivity contribution is -0.134. The molecule has 0 radical (unpaired) electrons. The first-order valence-corrected chi connectivity index (χ1v) is 5.65. The molecule has 0 fully saturated rings. The SMILES string of the molecule is CCOC(Cc1cnc(=S)[nH]c1N)OCC. The number of ether oxygens (including phenoxy) is 2. The lowest BCUT2D eigenvalue weighted by atomic mass is 10.2. The molecule has 0 aliphatic carbocycles. The van der Waals surface area contributed by atoms with Gasteiger partial charge in [-0.2, -0.15) is 0 Å². The number of rotatable bonds is 6. The summed E-state index contributed by atoms with van der Waals surface area (Å²) in [5.41, 5.74) is 6.64. The van der Waals surface area contributed by atoms with Crippen LogP contribution in [0.3, 0.4) is 0 Å². The molecule has 3 N–H and O–H groups in total. The number of anilines is 1. The van der Waals surface area contributed by atoms with Crippen LogP contribution < -0.4 is 5.73 Å². The molecule has 0 saturated carbocycles. The van der Waals surface area contributed by atoms with Gasteiger partial charge in [-0.25, -0.2) is 4.98 Å². The van der Waals surface area contributed by atoms with E-state index in [2.05, 4.69) is 9.97 Å². The standard InChI is InChI=1S/C10H17N3O2S/c1-3-14-8(15-4-2)5-7-6-12-10(16)13-9(7)11/h6,8H,3-5H2,1-2H3,(H3,11,12,13,16). The van der Waals surface area contributed by atoms with E-state index in [0.29, 0.717) is 30.2 Å². The Morgan fingerprint density at radius 2 is 2.06 bits per heavy atom. The summed E-state index contributed by atoms with van der Waals surface area (Å²) in [6, 6.07) is 0. The molecule has 0 unspecified atom stereocenters. The van der Waals surface area contributed by atoms with Crippen LogP contribution in [0.4, 0.5) is 5.82 Å². The van der Waals surface area contributed by atoms with Crippen LogP contribution in [-0.4, -0.2) is 29.5 Å². The number of nitrogen functional groups attached to an aromatic ring is 1. The van der Waals surface area contributed by atoms with Gasteiger partial charge in [0.05, 0.1) is 0 Å². The van der Waals surface area contributed by atoms with Gasteiger partial charge in [0.25, 0.3) is 0 Å². The summed E-state index contributed by atoms with van der Waals surface area (Å²) in [7, 11) is 0. The molecule has 0 saturated heterocycles. The summed E-state index contributed by atoms with van der Waals surface area (Å²) < 4.78 is 11.2. The predicted molar refractivity (Wildman–Crippen MR) is 64.6 cm³/mol. The minimum absolute atomic E-state index is 0.288. The van der Waals surface area contributed by atoms with Gasteiger partial charge in [-0.05, 0) is 26.1 Å². The third-order valence-electron chi connectivity index (χ3n) is 2.02. The van der Waals surface area contributed by atoms with E-state index < -0.39 is 0 Å². The molecule has 6 heteroatoms. The minimum Gasteiger partial charge on any atom is -0.385 e. The third-order valence-corrected chi connectivity index (χ3v) is 2.22. The number of hydrogen-bond acceptors (Lipinski definition) is 5. The second-order valence-electron chi connectivity index (χ2n) is 3.17.